The topological polar surface area (TPSA) is 44.7 Å². The molecule has 2 aliphatic rings. The maximum Gasteiger partial charge on any atom is 0.264 e. The Balaban J connectivity index is 1.63. The lowest BCUT2D eigenvalue weighted by Crippen LogP contribution is -2.49. The Labute approximate surface area is 186 Å². The van der Waals surface area contributed by atoms with Gasteiger partial charge in [-0.3, -0.25) is 4.79 Å². The van der Waals surface area contributed by atoms with Crippen molar-refractivity contribution in [2.75, 3.05) is 4.90 Å². The van der Waals surface area contributed by atoms with Gasteiger partial charge in [-0.05, 0) is 100.0 Å². The van der Waals surface area contributed by atoms with E-state index in [-0.39, 0.29) is 17.3 Å². The first-order valence-electron chi connectivity index (χ1n) is 10.3. The van der Waals surface area contributed by atoms with E-state index >= 15 is 0 Å². The first-order chi connectivity index (χ1) is 14.6. The molecule has 4 rings (SSSR count). The van der Waals surface area contributed by atoms with E-state index in [0.717, 1.165) is 5.56 Å². The molecular formula is C25H26FN3OS. The number of hydrogen-bond donors (Lipinski definition) is 1. The number of allylic oxidation sites excluding steroid dienone is 1. The molecule has 2 aromatic rings. The summed E-state index contributed by atoms with van der Waals surface area (Å²) in [7, 11) is 0. The van der Waals surface area contributed by atoms with Gasteiger partial charge in [0.25, 0.3) is 5.91 Å². The average Bonchev–Trinajstić information content (AvgIpc) is 3.02. The summed E-state index contributed by atoms with van der Waals surface area (Å²) >= 11 is 1.29. The molecule has 0 atom stereocenters. The second-order valence-electron chi connectivity index (χ2n) is 8.68. The predicted molar refractivity (Wildman–Crippen MR) is 129 cm³/mol. The number of anilines is 1. The molecular weight excluding hydrogens is 409 g/mol. The third-order valence-electron chi connectivity index (χ3n) is 5.42. The van der Waals surface area contributed by atoms with E-state index in [1.54, 1.807) is 12.1 Å². The van der Waals surface area contributed by atoms with Crippen molar-refractivity contribution in [3.05, 3.63) is 70.4 Å². The van der Waals surface area contributed by atoms with Crippen LogP contribution in [0.4, 0.5) is 15.8 Å². The lowest BCUT2D eigenvalue weighted by atomic mass is 9.87. The Hall–Kier alpha value is -2.86. The molecule has 1 N–H and O–H groups in total. The van der Waals surface area contributed by atoms with E-state index in [0.29, 0.717) is 21.8 Å². The molecule has 2 aliphatic heterocycles. The van der Waals surface area contributed by atoms with Crippen molar-refractivity contribution in [3.63, 3.8) is 0 Å². The summed E-state index contributed by atoms with van der Waals surface area (Å²) in [6, 6.07) is 12.6. The second kappa shape index (κ2) is 8.00. The fraction of sp³-hybridized carbons (Fsp3) is 0.280. The number of halogens is 1. The van der Waals surface area contributed by atoms with Crippen LogP contribution < -0.4 is 10.2 Å². The van der Waals surface area contributed by atoms with Crippen molar-refractivity contribution in [3.8, 4) is 0 Å². The number of carbonyl (C=O) groups excluding carboxylic acids is 1. The molecule has 0 bridgehead atoms. The number of rotatable bonds is 3. The highest BCUT2D eigenvalue weighted by Crippen LogP contribution is 2.41. The number of nitrogens with one attached hydrogen (secondary N) is 1. The molecule has 4 nitrogen and oxygen atoms in total. The number of amides is 1. The standard InChI is InChI=1S/C25H26FN3OS/c1-15(2)29-21-11-6-17(12-20(21)16(3)14-25(29,4)5)13-22-23(30)28-24(31-22)27-19-9-7-18(26)8-10-19/h6-15H,1-5H3,(H,27,28,30)/b22-13-. The van der Waals surface area contributed by atoms with Gasteiger partial charge in [-0.15, -0.1) is 0 Å². The van der Waals surface area contributed by atoms with Crippen molar-refractivity contribution in [2.45, 2.75) is 46.2 Å². The molecule has 6 heteroatoms. The van der Waals surface area contributed by atoms with Gasteiger partial charge in [0, 0.05) is 17.3 Å². The Morgan fingerprint density at radius 2 is 1.87 bits per heavy atom. The van der Waals surface area contributed by atoms with Gasteiger partial charge in [-0.1, -0.05) is 12.1 Å². The molecule has 2 aromatic carbocycles. The van der Waals surface area contributed by atoms with Crippen molar-refractivity contribution in [1.82, 2.24) is 5.32 Å². The fourth-order valence-electron chi connectivity index (χ4n) is 4.37. The van der Waals surface area contributed by atoms with Gasteiger partial charge in [0.1, 0.15) is 5.82 Å². The molecule has 0 spiro atoms. The van der Waals surface area contributed by atoms with E-state index in [4.69, 9.17) is 0 Å². The molecule has 160 valence electrons. The zero-order valence-corrected chi connectivity index (χ0v) is 19.2. The highest BCUT2D eigenvalue weighted by atomic mass is 32.2. The van der Waals surface area contributed by atoms with Crippen LogP contribution in [0, 0.1) is 5.82 Å². The minimum atomic E-state index is -0.316. The van der Waals surface area contributed by atoms with E-state index in [9.17, 15) is 9.18 Å². The van der Waals surface area contributed by atoms with E-state index in [1.165, 1.54) is 40.7 Å². The Bertz CT molecular complexity index is 1130. The SMILES string of the molecule is CC1=CC(C)(C)N(C(C)C)c2ccc(/C=C3\SC(=Nc4ccc(F)cc4)NC3=O)cc21. The summed E-state index contributed by atoms with van der Waals surface area (Å²) in [5.74, 6) is -0.496. The summed E-state index contributed by atoms with van der Waals surface area (Å²) in [4.78, 5) is 19.9. The fourth-order valence-corrected chi connectivity index (χ4v) is 5.21. The van der Waals surface area contributed by atoms with Crippen LogP contribution in [0.3, 0.4) is 0 Å². The van der Waals surface area contributed by atoms with Crippen LogP contribution in [0.1, 0.15) is 45.7 Å². The summed E-state index contributed by atoms with van der Waals surface area (Å²) in [5.41, 5.74) is 5.14. The molecule has 0 aromatic heterocycles. The van der Waals surface area contributed by atoms with Crippen molar-refractivity contribution in [1.29, 1.82) is 0 Å². The molecule has 31 heavy (non-hydrogen) atoms. The lowest BCUT2D eigenvalue weighted by Gasteiger charge is -2.46. The molecule has 0 unspecified atom stereocenters. The number of amidine groups is 1. The van der Waals surface area contributed by atoms with Crippen molar-refractivity contribution >= 4 is 45.9 Å². The van der Waals surface area contributed by atoms with Crippen LogP contribution in [-0.2, 0) is 4.79 Å². The van der Waals surface area contributed by atoms with Gasteiger partial charge in [0.05, 0.1) is 16.1 Å². The van der Waals surface area contributed by atoms with Gasteiger partial charge in [-0.2, -0.15) is 0 Å². The number of hydrogen-bond acceptors (Lipinski definition) is 4. The maximum absolute atomic E-state index is 13.1. The average molecular weight is 436 g/mol. The second-order valence-corrected chi connectivity index (χ2v) is 9.71. The van der Waals surface area contributed by atoms with E-state index < -0.39 is 0 Å². The summed E-state index contributed by atoms with van der Waals surface area (Å²) in [5, 5.41) is 3.27. The quantitative estimate of drug-likeness (QED) is 0.590. The maximum atomic E-state index is 13.1. The minimum absolute atomic E-state index is 0.0574. The van der Waals surface area contributed by atoms with Crippen LogP contribution in [0.15, 0.2) is 58.4 Å². The number of nitrogens with zero attached hydrogens (tertiary/aromatic N) is 2. The van der Waals surface area contributed by atoms with E-state index in [2.05, 4.69) is 74.1 Å². The molecule has 1 saturated heterocycles. The number of aliphatic imine (C=N–C) groups is 1. The zero-order valence-electron chi connectivity index (χ0n) is 18.4. The van der Waals surface area contributed by atoms with Gasteiger partial charge >= 0.3 is 0 Å². The Morgan fingerprint density at radius 1 is 1.16 bits per heavy atom. The number of thioether (sulfide) groups is 1. The highest BCUT2D eigenvalue weighted by Gasteiger charge is 2.33. The highest BCUT2D eigenvalue weighted by molar-refractivity contribution is 8.18. The Kier molecular flexibility index (Phi) is 5.52. The van der Waals surface area contributed by atoms with Gasteiger partial charge in [-0.25, -0.2) is 9.38 Å². The smallest absolute Gasteiger partial charge is 0.264 e. The first-order valence-corrected chi connectivity index (χ1v) is 11.1. The molecule has 2 heterocycles. The zero-order chi connectivity index (χ0) is 22.3. The number of fused-ring (bicyclic) bond motifs is 1. The molecule has 1 amide bonds. The van der Waals surface area contributed by atoms with Crippen molar-refractivity contribution in [2.24, 2.45) is 4.99 Å². The third kappa shape index (κ3) is 4.30. The van der Waals surface area contributed by atoms with Crippen LogP contribution in [0.5, 0.6) is 0 Å². The van der Waals surface area contributed by atoms with E-state index in [1.807, 2.05) is 6.08 Å². The molecule has 0 radical (unpaired) electrons. The summed E-state index contributed by atoms with van der Waals surface area (Å²) < 4.78 is 13.1. The number of carbonyl (C=O) groups is 1. The van der Waals surface area contributed by atoms with Crippen LogP contribution in [0.2, 0.25) is 0 Å². The third-order valence-corrected chi connectivity index (χ3v) is 6.33. The van der Waals surface area contributed by atoms with Gasteiger partial charge in [0.2, 0.25) is 0 Å². The molecule has 0 aliphatic carbocycles. The van der Waals surface area contributed by atoms with Crippen molar-refractivity contribution < 1.29 is 9.18 Å². The lowest BCUT2D eigenvalue weighted by molar-refractivity contribution is -0.115. The number of benzene rings is 2. The normalized spacial score (nSPS) is 20.3. The summed E-state index contributed by atoms with van der Waals surface area (Å²) in [6.07, 6.45) is 4.19. The first kappa shape index (κ1) is 21.4. The van der Waals surface area contributed by atoms with Gasteiger partial charge < -0.3 is 10.2 Å². The molecule has 1 fully saturated rings. The molecule has 0 saturated carbocycles. The monoisotopic (exact) mass is 435 g/mol. The summed E-state index contributed by atoms with van der Waals surface area (Å²) in [6.45, 7) is 11.0. The largest absolute Gasteiger partial charge is 0.360 e. The van der Waals surface area contributed by atoms with Crippen LogP contribution in [0.25, 0.3) is 11.6 Å². The van der Waals surface area contributed by atoms with Crippen LogP contribution in [-0.4, -0.2) is 22.7 Å². The van der Waals surface area contributed by atoms with Gasteiger partial charge in [0.15, 0.2) is 5.17 Å². The Morgan fingerprint density at radius 3 is 2.55 bits per heavy atom. The van der Waals surface area contributed by atoms with Crippen LogP contribution >= 0.6 is 11.8 Å². The predicted octanol–water partition coefficient (Wildman–Crippen LogP) is 6.13. The minimum Gasteiger partial charge on any atom is -0.360 e.